The van der Waals surface area contributed by atoms with Gasteiger partial charge in [-0.05, 0) is 13.8 Å². The topological polar surface area (TPSA) is 28.6 Å². The van der Waals surface area contributed by atoms with Crippen LogP contribution in [-0.4, -0.2) is 18.2 Å². The maximum absolute atomic E-state index is 4.89. The van der Waals surface area contributed by atoms with Crippen LogP contribution in [-0.2, 0) is 0 Å². The Labute approximate surface area is 55.7 Å². The molecule has 0 atom stereocenters. The Balaban J connectivity index is 3.06. The van der Waals surface area contributed by atoms with Gasteiger partial charge in [0.1, 0.15) is 0 Å². The van der Waals surface area contributed by atoms with Crippen LogP contribution in [0.3, 0.4) is 0 Å². The third kappa shape index (κ3) is 4.02. The lowest BCUT2D eigenvalue weighted by Crippen LogP contribution is -2.90. The van der Waals surface area contributed by atoms with E-state index in [1.807, 2.05) is 12.2 Å². The van der Waals surface area contributed by atoms with Crippen molar-refractivity contribution < 1.29 is 5.32 Å². The molecule has 0 aromatic rings. The zero-order chi connectivity index (χ0) is 6.41. The third-order valence-corrected chi connectivity index (χ3v) is 1.05. The van der Waals surface area contributed by atoms with E-state index in [4.69, 9.17) is 12.2 Å². The molecule has 0 fully saturated rings. The van der Waals surface area contributed by atoms with E-state index >= 15 is 0 Å². The Hall–Kier alpha value is -0.150. The highest BCUT2D eigenvalue weighted by Gasteiger charge is 1.90. The first-order valence-electron chi connectivity index (χ1n) is 2.92. The molecule has 0 aliphatic carbocycles. The number of hydrogen-bond donors (Lipinski definition) is 2. The summed E-state index contributed by atoms with van der Waals surface area (Å²) in [7, 11) is 0. The molecule has 48 valence electrons. The molecule has 0 unspecified atom stereocenters. The summed E-state index contributed by atoms with van der Waals surface area (Å²) < 4.78 is 0. The zero-order valence-corrected chi connectivity index (χ0v) is 6.22. The number of thiocarbonyl (C=S) groups is 1. The molecule has 3 heteroatoms. The molecule has 0 bridgehead atoms. The first-order valence-corrected chi connectivity index (χ1v) is 3.33. The van der Waals surface area contributed by atoms with Gasteiger partial charge in [0.25, 0.3) is 5.11 Å². The molecule has 0 heterocycles. The minimum atomic E-state index is 0.870. The normalized spacial score (nSPS) is 8.75. The molecule has 0 aliphatic heterocycles. The van der Waals surface area contributed by atoms with Gasteiger partial charge in [-0.3, -0.25) is 5.32 Å². The van der Waals surface area contributed by atoms with Gasteiger partial charge < -0.3 is 5.32 Å². The summed E-state index contributed by atoms with van der Waals surface area (Å²) in [5, 5.41) is 5.89. The van der Waals surface area contributed by atoms with Crippen molar-refractivity contribution in [2.75, 3.05) is 13.1 Å². The Kier molecular flexibility index (Phi) is 4.90. The van der Waals surface area contributed by atoms with Crippen molar-refractivity contribution in [3.63, 3.8) is 0 Å². The average molecular weight is 133 g/mol. The Bertz CT molecular complexity index is 64.8. The molecular formula is C5H13N2S+. The van der Waals surface area contributed by atoms with Crippen LogP contribution in [0.15, 0.2) is 0 Å². The van der Waals surface area contributed by atoms with Gasteiger partial charge in [0.05, 0.1) is 6.54 Å². The molecule has 0 saturated carbocycles. The number of quaternary nitrogens is 1. The van der Waals surface area contributed by atoms with E-state index in [-0.39, 0.29) is 0 Å². The summed E-state index contributed by atoms with van der Waals surface area (Å²) in [6.45, 7) is 6.06. The minimum absolute atomic E-state index is 0.870. The molecular weight excluding hydrogens is 120 g/mol. The van der Waals surface area contributed by atoms with E-state index in [1.165, 1.54) is 0 Å². The lowest BCUT2D eigenvalue weighted by atomic mass is 10.7. The maximum Gasteiger partial charge on any atom is 0.266 e. The number of hydrogen-bond acceptors (Lipinski definition) is 1. The first kappa shape index (κ1) is 7.85. The fourth-order valence-corrected chi connectivity index (χ4v) is 0.743. The smallest absolute Gasteiger partial charge is 0.266 e. The fraction of sp³-hybridized carbons (Fsp3) is 0.800. The van der Waals surface area contributed by atoms with E-state index in [9.17, 15) is 0 Å². The van der Waals surface area contributed by atoms with Gasteiger partial charge in [0.15, 0.2) is 0 Å². The van der Waals surface area contributed by atoms with Crippen LogP contribution in [0.4, 0.5) is 0 Å². The zero-order valence-electron chi connectivity index (χ0n) is 5.40. The Morgan fingerprint density at radius 3 is 2.62 bits per heavy atom. The van der Waals surface area contributed by atoms with E-state index in [0.29, 0.717) is 0 Å². The highest BCUT2D eigenvalue weighted by molar-refractivity contribution is 7.79. The molecule has 3 N–H and O–H groups in total. The quantitative estimate of drug-likeness (QED) is 0.495. The van der Waals surface area contributed by atoms with Gasteiger partial charge in [-0.2, -0.15) is 0 Å². The Morgan fingerprint density at radius 2 is 2.25 bits per heavy atom. The van der Waals surface area contributed by atoms with Crippen LogP contribution in [0.1, 0.15) is 13.8 Å². The average Bonchev–Trinajstić information content (AvgIpc) is 1.68. The van der Waals surface area contributed by atoms with Crippen LogP contribution >= 0.6 is 12.2 Å². The fourth-order valence-electron chi connectivity index (χ4n) is 0.432. The largest absolute Gasteiger partial charge is 0.332 e. The summed E-state index contributed by atoms with van der Waals surface area (Å²) in [4.78, 5) is 0. The molecule has 0 radical (unpaired) electrons. The van der Waals surface area contributed by atoms with Crippen molar-refractivity contribution in [2.24, 2.45) is 0 Å². The molecule has 0 aromatic carbocycles. The third-order valence-electron chi connectivity index (χ3n) is 0.741. The van der Waals surface area contributed by atoms with Gasteiger partial charge in [0, 0.05) is 18.8 Å². The minimum Gasteiger partial charge on any atom is -0.332 e. The molecule has 0 saturated heterocycles. The van der Waals surface area contributed by atoms with Crippen LogP contribution in [0.5, 0.6) is 0 Å². The maximum atomic E-state index is 4.89. The lowest BCUT2D eigenvalue weighted by Gasteiger charge is -1.98. The van der Waals surface area contributed by atoms with E-state index in [0.717, 1.165) is 18.2 Å². The van der Waals surface area contributed by atoms with Gasteiger partial charge in [-0.1, -0.05) is 0 Å². The van der Waals surface area contributed by atoms with Crippen LogP contribution in [0.25, 0.3) is 0 Å². The summed E-state index contributed by atoms with van der Waals surface area (Å²) in [6, 6.07) is 0. The summed E-state index contributed by atoms with van der Waals surface area (Å²) >= 11 is 4.89. The van der Waals surface area contributed by atoms with Gasteiger partial charge >= 0.3 is 0 Å². The van der Waals surface area contributed by atoms with Crippen molar-refractivity contribution in [2.45, 2.75) is 13.8 Å². The second-order valence-corrected chi connectivity index (χ2v) is 1.95. The predicted molar refractivity (Wildman–Crippen MR) is 38.7 cm³/mol. The SMILES string of the molecule is CCNC(=S)[NH2+]CC. The van der Waals surface area contributed by atoms with E-state index in [1.54, 1.807) is 0 Å². The number of nitrogens with one attached hydrogen (secondary N) is 1. The van der Waals surface area contributed by atoms with Crippen molar-refractivity contribution >= 4 is 17.3 Å². The summed E-state index contributed by atoms with van der Waals surface area (Å²) in [5.74, 6) is 0. The molecule has 0 spiro atoms. The lowest BCUT2D eigenvalue weighted by molar-refractivity contribution is -0.535. The second kappa shape index (κ2) is 5.00. The van der Waals surface area contributed by atoms with Gasteiger partial charge in [-0.25, -0.2) is 0 Å². The second-order valence-electron chi connectivity index (χ2n) is 1.51. The summed E-state index contributed by atoms with van der Waals surface area (Å²) in [5.41, 5.74) is 0. The summed E-state index contributed by atoms with van der Waals surface area (Å²) in [6.07, 6.45) is 0. The van der Waals surface area contributed by atoms with Crippen molar-refractivity contribution in [1.82, 2.24) is 5.32 Å². The first-order chi connectivity index (χ1) is 3.81. The number of rotatable bonds is 2. The van der Waals surface area contributed by atoms with Crippen LogP contribution in [0.2, 0.25) is 0 Å². The van der Waals surface area contributed by atoms with Crippen molar-refractivity contribution in [1.29, 1.82) is 0 Å². The predicted octanol–water partition coefficient (Wildman–Crippen LogP) is -0.536. The van der Waals surface area contributed by atoms with Crippen molar-refractivity contribution in [3.8, 4) is 0 Å². The molecule has 0 aliphatic rings. The van der Waals surface area contributed by atoms with Crippen LogP contribution in [0, 0.1) is 0 Å². The standard InChI is InChI=1S/C5H12N2S/c1-3-6-5(8)7-4-2/h3-4H2,1-2H3,(H2,6,7,8)/p+1. The molecule has 2 nitrogen and oxygen atoms in total. The highest BCUT2D eigenvalue weighted by atomic mass is 32.1. The van der Waals surface area contributed by atoms with Gasteiger partial charge in [0.2, 0.25) is 0 Å². The van der Waals surface area contributed by atoms with E-state index in [2.05, 4.69) is 12.2 Å². The molecule has 0 aromatic heterocycles. The van der Waals surface area contributed by atoms with Crippen LogP contribution < -0.4 is 10.6 Å². The molecule has 0 amide bonds. The molecule has 8 heavy (non-hydrogen) atoms. The monoisotopic (exact) mass is 133 g/mol. The highest BCUT2D eigenvalue weighted by Crippen LogP contribution is 1.52. The van der Waals surface area contributed by atoms with E-state index < -0.39 is 0 Å². The Morgan fingerprint density at radius 1 is 1.62 bits per heavy atom. The molecule has 0 rings (SSSR count). The van der Waals surface area contributed by atoms with Crippen molar-refractivity contribution in [3.05, 3.63) is 0 Å². The van der Waals surface area contributed by atoms with Gasteiger partial charge in [-0.15, -0.1) is 0 Å². The number of nitrogens with two attached hydrogens (primary N) is 1.